The molecule has 0 heterocycles. The zero-order chi connectivity index (χ0) is 12.3. The van der Waals surface area contributed by atoms with Crippen molar-refractivity contribution in [3.8, 4) is 5.75 Å². The molecule has 0 saturated carbocycles. The van der Waals surface area contributed by atoms with Crippen LogP contribution in [0.5, 0.6) is 5.75 Å². The number of carbonyl (C=O) groups is 1. The summed E-state index contributed by atoms with van der Waals surface area (Å²) in [6.07, 6.45) is 0. The van der Waals surface area contributed by atoms with Gasteiger partial charge in [-0.05, 0) is 17.7 Å². The van der Waals surface area contributed by atoms with Crippen molar-refractivity contribution in [1.82, 2.24) is 0 Å². The zero-order valence-electron chi connectivity index (χ0n) is 8.54. The van der Waals surface area contributed by atoms with E-state index in [1.54, 1.807) is 0 Å². The minimum Gasteiger partial charge on any atom is -0.491 e. The summed E-state index contributed by atoms with van der Waals surface area (Å²) in [7, 11) is 1.12. The van der Waals surface area contributed by atoms with Crippen molar-refractivity contribution < 1.29 is 23.4 Å². The number of benzene rings is 1. The molecule has 0 saturated heterocycles. The smallest absolute Gasteiger partial charge is 0.312 e. The standard InChI is InChI=1S/C10H11F2NO3/c1-16-9-7(11)2-5(3-8(9)12)6(4-13)10(14)15/h2-3,6H,4,13H2,1H3,(H,14,15). The Hall–Kier alpha value is -1.69. The van der Waals surface area contributed by atoms with E-state index in [0.29, 0.717) is 0 Å². The second-order valence-corrected chi connectivity index (χ2v) is 3.14. The molecule has 88 valence electrons. The van der Waals surface area contributed by atoms with Crippen molar-refractivity contribution in [3.63, 3.8) is 0 Å². The average molecular weight is 231 g/mol. The van der Waals surface area contributed by atoms with E-state index in [2.05, 4.69) is 4.74 Å². The van der Waals surface area contributed by atoms with Crippen LogP contribution in [0.1, 0.15) is 11.5 Å². The van der Waals surface area contributed by atoms with Crippen LogP contribution in [0.15, 0.2) is 12.1 Å². The van der Waals surface area contributed by atoms with E-state index in [-0.39, 0.29) is 12.1 Å². The third-order valence-corrected chi connectivity index (χ3v) is 2.16. The maximum atomic E-state index is 13.3. The molecule has 0 spiro atoms. The predicted octanol–water partition coefficient (Wildman–Crippen LogP) is 1.10. The Kier molecular flexibility index (Phi) is 3.78. The van der Waals surface area contributed by atoms with Crippen LogP contribution in [0.4, 0.5) is 8.78 Å². The van der Waals surface area contributed by atoms with Crippen LogP contribution in [0.25, 0.3) is 0 Å². The van der Waals surface area contributed by atoms with Crippen LogP contribution >= 0.6 is 0 Å². The number of hydrogen-bond acceptors (Lipinski definition) is 3. The molecular formula is C10H11F2NO3. The van der Waals surface area contributed by atoms with E-state index in [4.69, 9.17) is 10.8 Å². The maximum absolute atomic E-state index is 13.3. The van der Waals surface area contributed by atoms with Gasteiger partial charge in [0.1, 0.15) is 0 Å². The van der Waals surface area contributed by atoms with E-state index in [1.165, 1.54) is 0 Å². The van der Waals surface area contributed by atoms with E-state index in [1.807, 2.05) is 0 Å². The van der Waals surface area contributed by atoms with Gasteiger partial charge in [0, 0.05) is 6.54 Å². The summed E-state index contributed by atoms with van der Waals surface area (Å²) in [6.45, 7) is -0.236. The van der Waals surface area contributed by atoms with Gasteiger partial charge in [-0.15, -0.1) is 0 Å². The summed E-state index contributed by atoms with van der Waals surface area (Å²) >= 11 is 0. The molecule has 0 amide bonds. The van der Waals surface area contributed by atoms with Crippen LogP contribution in [0.3, 0.4) is 0 Å². The highest BCUT2D eigenvalue weighted by molar-refractivity contribution is 5.76. The van der Waals surface area contributed by atoms with Gasteiger partial charge in [-0.1, -0.05) is 0 Å². The van der Waals surface area contributed by atoms with Crippen molar-refractivity contribution in [3.05, 3.63) is 29.3 Å². The molecule has 3 N–H and O–H groups in total. The van der Waals surface area contributed by atoms with Gasteiger partial charge < -0.3 is 15.6 Å². The highest BCUT2D eigenvalue weighted by atomic mass is 19.1. The molecule has 0 aliphatic rings. The molecule has 1 rings (SSSR count). The first-order valence-corrected chi connectivity index (χ1v) is 4.47. The lowest BCUT2D eigenvalue weighted by Crippen LogP contribution is -2.21. The largest absolute Gasteiger partial charge is 0.491 e. The first-order chi connectivity index (χ1) is 7.51. The van der Waals surface area contributed by atoms with Crippen LogP contribution < -0.4 is 10.5 Å². The molecule has 1 atom stereocenters. The van der Waals surface area contributed by atoms with Crippen LogP contribution in [-0.2, 0) is 4.79 Å². The first-order valence-electron chi connectivity index (χ1n) is 4.47. The van der Waals surface area contributed by atoms with Crippen LogP contribution in [0.2, 0.25) is 0 Å². The fourth-order valence-corrected chi connectivity index (χ4v) is 1.36. The normalized spacial score (nSPS) is 12.2. The highest BCUT2D eigenvalue weighted by Crippen LogP contribution is 2.26. The Morgan fingerprint density at radius 3 is 2.31 bits per heavy atom. The fraction of sp³-hybridized carbons (Fsp3) is 0.300. The van der Waals surface area contributed by atoms with Gasteiger partial charge in [0.2, 0.25) is 0 Å². The summed E-state index contributed by atoms with van der Waals surface area (Å²) in [5.74, 6) is -4.79. The number of ether oxygens (including phenoxy) is 1. The summed E-state index contributed by atoms with van der Waals surface area (Å²) in [4.78, 5) is 10.8. The molecule has 1 unspecified atom stereocenters. The number of carboxylic acids is 1. The van der Waals surface area contributed by atoms with E-state index in [0.717, 1.165) is 19.2 Å². The SMILES string of the molecule is COc1c(F)cc(C(CN)C(=O)O)cc1F. The van der Waals surface area contributed by atoms with Gasteiger partial charge in [0.05, 0.1) is 13.0 Å². The number of halogens is 2. The molecule has 0 aliphatic heterocycles. The lowest BCUT2D eigenvalue weighted by atomic mass is 9.99. The molecule has 6 heteroatoms. The molecule has 4 nitrogen and oxygen atoms in total. The predicted molar refractivity (Wildman–Crippen MR) is 52.3 cm³/mol. The second-order valence-electron chi connectivity index (χ2n) is 3.14. The van der Waals surface area contributed by atoms with Crippen molar-refractivity contribution in [2.45, 2.75) is 5.92 Å². The Morgan fingerprint density at radius 1 is 1.50 bits per heavy atom. The third-order valence-electron chi connectivity index (χ3n) is 2.16. The number of aliphatic carboxylic acids is 1. The summed E-state index contributed by atoms with van der Waals surface area (Å²) in [5, 5.41) is 8.78. The topological polar surface area (TPSA) is 72.5 Å². The van der Waals surface area contributed by atoms with Crippen molar-refractivity contribution in [2.75, 3.05) is 13.7 Å². The molecule has 0 fully saturated rings. The Morgan fingerprint density at radius 2 is 2.00 bits per heavy atom. The molecule has 1 aromatic carbocycles. The van der Waals surface area contributed by atoms with Crippen LogP contribution in [-0.4, -0.2) is 24.7 Å². The molecule has 0 radical (unpaired) electrons. The summed E-state index contributed by atoms with van der Waals surface area (Å²) in [5.41, 5.74) is 5.20. The van der Waals surface area contributed by atoms with Gasteiger partial charge in [-0.25, -0.2) is 8.78 Å². The van der Waals surface area contributed by atoms with Crippen molar-refractivity contribution in [2.24, 2.45) is 5.73 Å². The third kappa shape index (κ3) is 2.27. The van der Waals surface area contributed by atoms with Gasteiger partial charge in [0.25, 0.3) is 0 Å². The minimum atomic E-state index is -1.23. The Balaban J connectivity index is 3.21. The molecule has 16 heavy (non-hydrogen) atoms. The lowest BCUT2D eigenvalue weighted by molar-refractivity contribution is -0.138. The number of carboxylic acid groups (broad SMARTS) is 1. The molecular weight excluding hydrogens is 220 g/mol. The van der Waals surface area contributed by atoms with E-state index in [9.17, 15) is 13.6 Å². The number of hydrogen-bond donors (Lipinski definition) is 2. The fourth-order valence-electron chi connectivity index (χ4n) is 1.36. The van der Waals surface area contributed by atoms with Crippen LogP contribution in [0, 0.1) is 11.6 Å². The van der Waals surface area contributed by atoms with Crippen molar-refractivity contribution >= 4 is 5.97 Å². The highest BCUT2D eigenvalue weighted by Gasteiger charge is 2.21. The first kappa shape index (κ1) is 12.4. The minimum absolute atomic E-state index is 0.0224. The maximum Gasteiger partial charge on any atom is 0.312 e. The Labute approximate surface area is 90.6 Å². The van der Waals surface area contributed by atoms with Gasteiger partial charge in [-0.3, -0.25) is 4.79 Å². The molecule has 0 aromatic heterocycles. The monoisotopic (exact) mass is 231 g/mol. The molecule has 0 aliphatic carbocycles. The molecule has 0 bridgehead atoms. The van der Waals surface area contributed by atoms with Crippen molar-refractivity contribution in [1.29, 1.82) is 0 Å². The van der Waals surface area contributed by atoms with E-state index < -0.39 is 29.3 Å². The average Bonchev–Trinajstić information content (AvgIpc) is 2.17. The van der Waals surface area contributed by atoms with E-state index >= 15 is 0 Å². The van der Waals surface area contributed by atoms with Gasteiger partial charge >= 0.3 is 5.97 Å². The van der Waals surface area contributed by atoms with Gasteiger partial charge in [0.15, 0.2) is 17.4 Å². The molecule has 1 aromatic rings. The second kappa shape index (κ2) is 4.89. The zero-order valence-corrected chi connectivity index (χ0v) is 8.54. The van der Waals surface area contributed by atoms with Gasteiger partial charge in [-0.2, -0.15) is 0 Å². The Bertz CT molecular complexity index is 386. The quantitative estimate of drug-likeness (QED) is 0.813. The lowest BCUT2D eigenvalue weighted by Gasteiger charge is -2.12. The summed E-state index contributed by atoms with van der Waals surface area (Å²) < 4.78 is 31.0. The number of rotatable bonds is 4. The number of methoxy groups -OCH3 is 1. The number of nitrogens with two attached hydrogens (primary N) is 1. The summed E-state index contributed by atoms with van der Waals surface area (Å²) in [6, 6.07) is 1.82.